The van der Waals surface area contributed by atoms with Crippen LogP contribution in [0, 0.1) is 6.92 Å². The van der Waals surface area contributed by atoms with Crippen LogP contribution in [-0.4, -0.2) is 38.2 Å². The molecule has 0 fully saturated rings. The van der Waals surface area contributed by atoms with Crippen molar-refractivity contribution in [2.45, 2.75) is 6.92 Å². The van der Waals surface area contributed by atoms with Crippen molar-refractivity contribution in [3.05, 3.63) is 82.9 Å². The Morgan fingerprint density at radius 3 is 1.31 bits per heavy atom. The summed E-state index contributed by atoms with van der Waals surface area (Å²) in [5, 5.41) is 0. The monoisotopic (exact) mass is 384 g/mol. The predicted octanol–water partition coefficient (Wildman–Crippen LogP) is 5.26. The normalized spacial score (nSPS) is 11.3. The zero-order valence-electron chi connectivity index (χ0n) is 17.8. The molecule has 0 radical (unpaired) electrons. The summed E-state index contributed by atoms with van der Waals surface area (Å²) in [6, 6.07) is 16.9. The number of hydrogen-bond donors (Lipinski definition) is 0. The summed E-state index contributed by atoms with van der Waals surface area (Å²) < 4.78 is 0. The summed E-state index contributed by atoms with van der Waals surface area (Å²) in [4.78, 5) is 13.1. The minimum atomic E-state index is 0.930. The van der Waals surface area contributed by atoms with Crippen LogP contribution < -0.4 is 9.80 Å². The first-order valence-electron chi connectivity index (χ1n) is 9.66. The van der Waals surface area contributed by atoms with E-state index in [9.17, 15) is 0 Å². The van der Waals surface area contributed by atoms with E-state index in [4.69, 9.17) is 0 Å². The van der Waals surface area contributed by atoms with Crippen LogP contribution >= 0.6 is 0 Å². The van der Waals surface area contributed by atoms with Gasteiger partial charge in [0.1, 0.15) is 6.33 Å². The van der Waals surface area contributed by atoms with Crippen LogP contribution in [0.4, 0.5) is 11.4 Å². The average Bonchev–Trinajstić information content (AvgIpc) is 2.72. The van der Waals surface area contributed by atoms with Crippen LogP contribution in [0.5, 0.6) is 0 Å². The van der Waals surface area contributed by atoms with Crippen LogP contribution in [0.25, 0.3) is 24.3 Å². The van der Waals surface area contributed by atoms with Crippen molar-refractivity contribution in [3.8, 4) is 0 Å². The first kappa shape index (κ1) is 20.3. The Labute approximate surface area is 173 Å². The summed E-state index contributed by atoms with van der Waals surface area (Å²) in [5.41, 5.74) is 7.59. The Bertz CT molecular complexity index is 918. The van der Waals surface area contributed by atoms with Gasteiger partial charge >= 0.3 is 0 Å². The third kappa shape index (κ3) is 5.32. The maximum Gasteiger partial charge on any atom is 0.116 e. The summed E-state index contributed by atoms with van der Waals surface area (Å²) in [6.07, 6.45) is 9.89. The van der Waals surface area contributed by atoms with Crippen LogP contribution in [0.1, 0.15) is 28.1 Å². The molecular formula is C25H28N4. The van der Waals surface area contributed by atoms with E-state index in [1.807, 2.05) is 40.3 Å². The van der Waals surface area contributed by atoms with E-state index in [-0.39, 0.29) is 0 Å². The number of aromatic nitrogens is 2. The molecule has 0 saturated heterocycles. The van der Waals surface area contributed by atoms with Crippen molar-refractivity contribution in [3.63, 3.8) is 0 Å². The van der Waals surface area contributed by atoms with E-state index >= 15 is 0 Å². The highest BCUT2D eigenvalue weighted by molar-refractivity contribution is 5.74. The molecule has 3 rings (SSSR count). The van der Waals surface area contributed by atoms with Crippen LogP contribution in [0.15, 0.2) is 54.9 Å². The number of benzene rings is 2. The highest BCUT2D eigenvalue weighted by Crippen LogP contribution is 2.18. The second kappa shape index (κ2) is 9.20. The van der Waals surface area contributed by atoms with Gasteiger partial charge in [-0.3, -0.25) is 0 Å². The first-order valence-corrected chi connectivity index (χ1v) is 9.66. The molecule has 0 bridgehead atoms. The maximum absolute atomic E-state index is 4.44. The molecule has 1 heterocycles. The number of nitrogens with zero attached hydrogens (tertiary/aromatic N) is 4. The maximum atomic E-state index is 4.44. The van der Waals surface area contributed by atoms with Crippen molar-refractivity contribution in [1.29, 1.82) is 0 Å². The van der Waals surface area contributed by atoms with Gasteiger partial charge in [-0.2, -0.15) is 0 Å². The molecule has 0 amide bonds. The lowest BCUT2D eigenvalue weighted by atomic mass is 10.1. The molecule has 2 aromatic carbocycles. The smallest absolute Gasteiger partial charge is 0.116 e. The van der Waals surface area contributed by atoms with Crippen molar-refractivity contribution in [1.82, 2.24) is 9.97 Å². The van der Waals surface area contributed by atoms with Crippen molar-refractivity contribution in [2.24, 2.45) is 0 Å². The second-order valence-corrected chi connectivity index (χ2v) is 7.41. The average molecular weight is 385 g/mol. The molecule has 0 aliphatic heterocycles. The summed E-state index contributed by atoms with van der Waals surface area (Å²) in [7, 11) is 8.17. The zero-order chi connectivity index (χ0) is 20.8. The molecule has 0 N–H and O–H groups in total. The molecule has 0 unspecified atom stereocenters. The third-order valence-corrected chi connectivity index (χ3v) is 4.85. The molecular weight excluding hydrogens is 356 g/mol. The van der Waals surface area contributed by atoms with Crippen molar-refractivity contribution in [2.75, 3.05) is 38.0 Å². The molecule has 29 heavy (non-hydrogen) atoms. The highest BCUT2D eigenvalue weighted by Gasteiger charge is 2.02. The summed E-state index contributed by atoms with van der Waals surface area (Å²) in [6.45, 7) is 2.06. The third-order valence-electron chi connectivity index (χ3n) is 4.85. The topological polar surface area (TPSA) is 32.3 Å². The van der Waals surface area contributed by atoms with Crippen LogP contribution in [0.2, 0.25) is 0 Å². The van der Waals surface area contributed by atoms with E-state index in [1.165, 1.54) is 11.4 Å². The Morgan fingerprint density at radius 1 is 0.586 bits per heavy atom. The van der Waals surface area contributed by atoms with Crippen molar-refractivity contribution < 1.29 is 0 Å². The first-order chi connectivity index (χ1) is 13.9. The van der Waals surface area contributed by atoms with E-state index < -0.39 is 0 Å². The molecule has 0 atom stereocenters. The van der Waals surface area contributed by atoms with Gasteiger partial charge in [0.2, 0.25) is 0 Å². The van der Waals surface area contributed by atoms with Gasteiger partial charge < -0.3 is 9.80 Å². The van der Waals surface area contributed by atoms with Gasteiger partial charge in [-0.05, 0) is 54.5 Å². The number of rotatable bonds is 6. The van der Waals surface area contributed by atoms with E-state index in [1.54, 1.807) is 6.33 Å². The minimum absolute atomic E-state index is 0.930. The molecule has 3 aromatic rings. The molecule has 1 aromatic heterocycles. The van der Waals surface area contributed by atoms with Gasteiger partial charge in [-0.1, -0.05) is 36.4 Å². The lowest BCUT2D eigenvalue weighted by Crippen LogP contribution is -2.07. The molecule has 0 spiro atoms. The standard InChI is InChI=1S/C25H28N4/c1-19-24(16-10-20-6-12-22(13-7-20)28(2)3)26-18-27-25(19)17-11-21-8-14-23(15-9-21)29(4)5/h6-18H,1-5H3/b16-10+,17-11+. The van der Waals surface area contributed by atoms with E-state index in [0.29, 0.717) is 0 Å². The Kier molecular flexibility index (Phi) is 6.45. The molecule has 4 nitrogen and oxygen atoms in total. The quantitative estimate of drug-likeness (QED) is 0.580. The Morgan fingerprint density at radius 2 is 0.966 bits per heavy atom. The van der Waals surface area contributed by atoms with Gasteiger partial charge in [-0.25, -0.2) is 9.97 Å². The molecule has 0 aliphatic rings. The fourth-order valence-electron chi connectivity index (χ4n) is 2.93. The minimum Gasteiger partial charge on any atom is -0.378 e. The Balaban J connectivity index is 1.76. The molecule has 0 aliphatic carbocycles. The van der Waals surface area contributed by atoms with Crippen LogP contribution in [-0.2, 0) is 0 Å². The summed E-state index contributed by atoms with van der Waals surface area (Å²) >= 11 is 0. The zero-order valence-corrected chi connectivity index (χ0v) is 17.8. The van der Waals surface area contributed by atoms with Gasteiger partial charge in [0, 0.05) is 45.1 Å². The number of anilines is 2. The highest BCUT2D eigenvalue weighted by atomic mass is 15.1. The largest absolute Gasteiger partial charge is 0.378 e. The SMILES string of the molecule is Cc1c(/C=C/c2ccc(N(C)C)cc2)ncnc1/C=C/c1ccc(N(C)C)cc1. The second-order valence-electron chi connectivity index (χ2n) is 7.41. The lowest BCUT2D eigenvalue weighted by Gasteiger charge is -2.11. The van der Waals surface area contributed by atoms with Crippen molar-refractivity contribution >= 4 is 35.7 Å². The molecule has 0 saturated carbocycles. The number of hydrogen-bond acceptors (Lipinski definition) is 4. The van der Waals surface area contributed by atoms with Gasteiger partial charge in [-0.15, -0.1) is 0 Å². The fourth-order valence-corrected chi connectivity index (χ4v) is 2.93. The lowest BCUT2D eigenvalue weighted by molar-refractivity contribution is 1.10. The molecule has 148 valence electrons. The van der Waals surface area contributed by atoms with Gasteiger partial charge in [0.15, 0.2) is 0 Å². The van der Waals surface area contributed by atoms with Gasteiger partial charge in [0.05, 0.1) is 11.4 Å². The van der Waals surface area contributed by atoms with Gasteiger partial charge in [0.25, 0.3) is 0 Å². The Hall–Kier alpha value is -3.40. The van der Waals surface area contributed by atoms with E-state index in [2.05, 4.69) is 87.4 Å². The predicted molar refractivity (Wildman–Crippen MR) is 126 cm³/mol. The molecule has 4 heteroatoms. The van der Waals surface area contributed by atoms with Crippen LogP contribution in [0.3, 0.4) is 0 Å². The fraction of sp³-hybridized carbons (Fsp3) is 0.200. The van der Waals surface area contributed by atoms with E-state index in [0.717, 1.165) is 28.1 Å². The summed E-state index contributed by atoms with van der Waals surface area (Å²) in [5.74, 6) is 0.